The van der Waals surface area contributed by atoms with E-state index in [4.69, 9.17) is 5.73 Å². The van der Waals surface area contributed by atoms with Crippen LogP contribution in [0.5, 0.6) is 0 Å². The van der Waals surface area contributed by atoms with Crippen LogP contribution in [0.1, 0.15) is 64.1 Å². The zero-order valence-corrected chi connectivity index (χ0v) is 10.6. The number of aromatic amines is 1. The molecule has 0 amide bonds. The molecule has 2 rings (SSSR count). The minimum atomic E-state index is -0.145. The summed E-state index contributed by atoms with van der Waals surface area (Å²) in [7, 11) is 0. The Morgan fingerprint density at radius 2 is 1.88 bits per heavy atom. The number of hydrogen-bond donors (Lipinski definition) is 2. The summed E-state index contributed by atoms with van der Waals surface area (Å²) in [5.41, 5.74) is 8.95. The van der Waals surface area contributed by atoms with Gasteiger partial charge in [0, 0.05) is 22.2 Å². The molecule has 0 radical (unpaired) electrons. The SMILES string of the molecule is CC(C)(C)c1[nH]ncc1C1(N)CCCCC1. The molecule has 1 heterocycles. The molecule has 1 aromatic rings. The molecule has 0 aromatic carbocycles. The molecule has 3 N–H and O–H groups in total. The summed E-state index contributed by atoms with van der Waals surface area (Å²) >= 11 is 0. The van der Waals surface area contributed by atoms with Crippen LogP contribution in [0.2, 0.25) is 0 Å². The van der Waals surface area contributed by atoms with Crippen molar-refractivity contribution in [1.29, 1.82) is 0 Å². The van der Waals surface area contributed by atoms with Crippen LogP contribution in [0.3, 0.4) is 0 Å². The van der Waals surface area contributed by atoms with Gasteiger partial charge in [0.05, 0.1) is 6.20 Å². The fourth-order valence-electron chi connectivity index (χ4n) is 2.69. The molecular weight excluding hydrogens is 198 g/mol. The van der Waals surface area contributed by atoms with E-state index < -0.39 is 0 Å². The maximum absolute atomic E-state index is 6.56. The summed E-state index contributed by atoms with van der Waals surface area (Å²) in [5, 5.41) is 7.34. The Morgan fingerprint density at radius 1 is 1.25 bits per heavy atom. The molecule has 1 aliphatic carbocycles. The van der Waals surface area contributed by atoms with Gasteiger partial charge in [-0.15, -0.1) is 0 Å². The molecule has 3 nitrogen and oxygen atoms in total. The zero-order valence-electron chi connectivity index (χ0n) is 10.6. The molecule has 1 aromatic heterocycles. The lowest BCUT2D eigenvalue weighted by atomic mass is 9.74. The van der Waals surface area contributed by atoms with Crippen LogP contribution in [-0.4, -0.2) is 10.2 Å². The third kappa shape index (κ3) is 2.01. The van der Waals surface area contributed by atoms with Gasteiger partial charge in [0.15, 0.2) is 0 Å². The summed E-state index contributed by atoms with van der Waals surface area (Å²) in [6.45, 7) is 6.61. The van der Waals surface area contributed by atoms with Gasteiger partial charge >= 0.3 is 0 Å². The normalized spacial score (nSPS) is 21.0. The van der Waals surface area contributed by atoms with Gasteiger partial charge in [0.1, 0.15) is 0 Å². The van der Waals surface area contributed by atoms with Crippen molar-refractivity contribution in [2.45, 2.75) is 63.8 Å². The third-order valence-electron chi connectivity index (χ3n) is 3.67. The fourth-order valence-corrected chi connectivity index (χ4v) is 2.69. The van der Waals surface area contributed by atoms with E-state index in [9.17, 15) is 0 Å². The average Bonchev–Trinajstić information content (AvgIpc) is 2.67. The number of nitrogens with one attached hydrogen (secondary N) is 1. The van der Waals surface area contributed by atoms with Crippen LogP contribution in [0.4, 0.5) is 0 Å². The van der Waals surface area contributed by atoms with Crippen LogP contribution >= 0.6 is 0 Å². The van der Waals surface area contributed by atoms with Crippen LogP contribution in [0.15, 0.2) is 6.20 Å². The van der Waals surface area contributed by atoms with Crippen molar-refractivity contribution >= 4 is 0 Å². The van der Waals surface area contributed by atoms with E-state index in [0.717, 1.165) is 12.8 Å². The van der Waals surface area contributed by atoms with Gasteiger partial charge in [-0.3, -0.25) is 5.10 Å². The predicted octanol–water partition coefficient (Wildman–Crippen LogP) is 2.83. The van der Waals surface area contributed by atoms with E-state index in [1.807, 2.05) is 6.20 Å². The Bertz CT molecular complexity index is 353. The summed E-state index contributed by atoms with van der Waals surface area (Å²) in [6.07, 6.45) is 7.93. The Kier molecular flexibility index (Phi) is 2.82. The Morgan fingerprint density at radius 3 is 2.44 bits per heavy atom. The molecule has 0 atom stereocenters. The van der Waals surface area contributed by atoms with Crippen molar-refractivity contribution in [2.24, 2.45) is 5.73 Å². The first-order valence-corrected chi connectivity index (χ1v) is 6.27. The van der Waals surface area contributed by atoms with E-state index >= 15 is 0 Å². The standard InChI is InChI=1S/C13H23N3/c1-12(2,3)11-10(9-15-16-11)13(14)7-5-4-6-8-13/h9H,4-8,14H2,1-3H3,(H,15,16). The molecule has 3 heteroatoms. The van der Waals surface area contributed by atoms with Gasteiger partial charge in [-0.05, 0) is 12.8 Å². The molecule has 1 saturated carbocycles. The molecule has 0 bridgehead atoms. The highest BCUT2D eigenvalue weighted by Crippen LogP contribution is 2.38. The Labute approximate surface area is 97.8 Å². The monoisotopic (exact) mass is 221 g/mol. The number of nitrogens with two attached hydrogens (primary N) is 1. The Hall–Kier alpha value is -0.830. The highest BCUT2D eigenvalue weighted by atomic mass is 15.1. The van der Waals surface area contributed by atoms with E-state index in [0.29, 0.717) is 0 Å². The van der Waals surface area contributed by atoms with Crippen molar-refractivity contribution in [2.75, 3.05) is 0 Å². The van der Waals surface area contributed by atoms with Gasteiger partial charge in [-0.25, -0.2) is 0 Å². The van der Waals surface area contributed by atoms with E-state index in [2.05, 4.69) is 31.0 Å². The minimum absolute atomic E-state index is 0.0929. The highest BCUT2D eigenvalue weighted by Gasteiger charge is 2.35. The summed E-state index contributed by atoms with van der Waals surface area (Å²) in [4.78, 5) is 0. The first-order valence-electron chi connectivity index (χ1n) is 6.27. The van der Waals surface area contributed by atoms with Crippen molar-refractivity contribution in [3.63, 3.8) is 0 Å². The molecule has 0 spiro atoms. The van der Waals surface area contributed by atoms with Gasteiger partial charge in [0.2, 0.25) is 0 Å². The van der Waals surface area contributed by atoms with E-state index in [1.54, 1.807) is 0 Å². The minimum Gasteiger partial charge on any atom is -0.321 e. The summed E-state index contributed by atoms with van der Waals surface area (Å²) in [6, 6.07) is 0. The van der Waals surface area contributed by atoms with Crippen molar-refractivity contribution in [3.05, 3.63) is 17.5 Å². The molecule has 0 aliphatic heterocycles. The van der Waals surface area contributed by atoms with E-state index in [1.165, 1.54) is 30.5 Å². The fraction of sp³-hybridized carbons (Fsp3) is 0.769. The summed E-state index contributed by atoms with van der Waals surface area (Å²) in [5.74, 6) is 0. The second-order valence-electron chi connectivity index (χ2n) is 6.13. The van der Waals surface area contributed by atoms with Gasteiger partial charge < -0.3 is 5.73 Å². The van der Waals surface area contributed by atoms with Gasteiger partial charge in [0.25, 0.3) is 0 Å². The topological polar surface area (TPSA) is 54.7 Å². The first-order chi connectivity index (χ1) is 7.43. The van der Waals surface area contributed by atoms with Crippen molar-refractivity contribution < 1.29 is 0 Å². The largest absolute Gasteiger partial charge is 0.321 e. The number of nitrogens with zero attached hydrogens (tertiary/aromatic N) is 1. The first kappa shape index (κ1) is 11.6. The smallest absolute Gasteiger partial charge is 0.0541 e. The molecule has 1 aliphatic rings. The predicted molar refractivity (Wildman–Crippen MR) is 66.2 cm³/mol. The van der Waals surface area contributed by atoms with Crippen LogP contribution in [0.25, 0.3) is 0 Å². The lowest BCUT2D eigenvalue weighted by molar-refractivity contribution is 0.297. The van der Waals surface area contributed by atoms with Gasteiger partial charge in [-0.1, -0.05) is 40.0 Å². The van der Waals surface area contributed by atoms with E-state index in [-0.39, 0.29) is 11.0 Å². The maximum atomic E-state index is 6.56. The van der Waals surface area contributed by atoms with Crippen LogP contribution < -0.4 is 5.73 Å². The lowest BCUT2D eigenvalue weighted by Gasteiger charge is -2.35. The van der Waals surface area contributed by atoms with Crippen molar-refractivity contribution in [1.82, 2.24) is 10.2 Å². The van der Waals surface area contributed by atoms with Crippen LogP contribution in [0, 0.1) is 0 Å². The second kappa shape index (κ2) is 3.88. The number of rotatable bonds is 1. The zero-order chi connectivity index (χ0) is 11.8. The number of hydrogen-bond acceptors (Lipinski definition) is 2. The van der Waals surface area contributed by atoms with Crippen LogP contribution in [-0.2, 0) is 11.0 Å². The average molecular weight is 221 g/mol. The molecule has 0 unspecified atom stereocenters. The molecular formula is C13H23N3. The third-order valence-corrected chi connectivity index (χ3v) is 3.67. The molecule has 1 fully saturated rings. The number of aromatic nitrogens is 2. The van der Waals surface area contributed by atoms with Gasteiger partial charge in [-0.2, -0.15) is 5.10 Å². The van der Waals surface area contributed by atoms with Crippen molar-refractivity contribution in [3.8, 4) is 0 Å². The molecule has 0 saturated heterocycles. The second-order valence-corrected chi connectivity index (χ2v) is 6.13. The quantitative estimate of drug-likeness (QED) is 0.766. The molecule has 16 heavy (non-hydrogen) atoms. The highest BCUT2D eigenvalue weighted by molar-refractivity contribution is 5.31. The maximum Gasteiger partial charge on any atom is 0.0541 e. The number of H-pyrrole nitrogens is 1. The lowest BCUT2D eigenvalue weighted by Crippen LogP contribution is -2.40. The summed E-state index contributed by atoms with van der Waals surface area (Å²) < 4.78 is 0. The molecule has 90 valence electrons. The Balaban J connectivity index is 2.36.